The second-order valence-corrected chi connectivity index (χ2v) is 4.72. The minimum absolute atomic E-state index is 0.149. The van der Waals surface area contributed by atoms with Crippen molar-refractivity contribution in [1.82, 2.24) is 20.3 Å². The lowest BCUT2D eigenvalue weighted by molar-refractivity contribution is 0.315. The van der Waals surface area contributed by atoms with Crippen LogP contribution in [0.15, 0.2) is 37.7 Å². The molecule has 2 heterocycles. The Morgan fingerprint density at radius 2 is 2.00 bits per heavy atom. The van der Waals surface area contributed by atoms with E-state index in [0.717, 1.165) is 0 Å². The largest absolute Gasteiger partial charge is 0.397 e. The van der Waals surface area contributed by atoms with Crippen LogP contribution in [0, 0.1) is 0 Å². The maximum atomic E-state index is 11.3. The second kappa shape index (κ2) is 4.28. The van der Waals surface area contributed by atoms with Crippen LogP contribution in [-0.4, -0.2) is 20.3 Å². The van der Waals surface area contributed by atoms with Gasteiger partial charge in [0.25, 0.3) is 5.56 Å². The molecule has 8 nitrogen and oxygen atoms in total. The number of nitrogens with one attached hydrogen (secondary N) is 1. The number of aromatic amines is 1. The first-order valence-electron chi connectivity index (χ1n) is 5.19. The van der Waals surface area contributed by atoms with E-state index in [1.165, 1.54) is 17.8 Å². The van der Waals surface area contributed by atoms with Gasteiger partial charge in [0.05, 0.1) is 5.69 Å². The summed E-state index contributed by atoms with van der Waals surface area (Å²) in [5, 5.41) is 7.86. The van der Waals surface area contributed by atoms with Crippen molar-refractivity contribution in [3.8, 4) is 0 Å². The van der Waals surface area contributed by atoms with Crippen molar-refractivity contribution in [2.75, 3.05) is 11.5 Å². The highest BCUT2D eigenvalue weighted by Gasteiger charge is 2.12. The van der Waals surface area contributed by atoms with Gasteiger partial charge >= 0.3 is 0 Å². The molecule has 0 atom stereocenters. The molecule has 0 fully saturated rings. The molecule has 0 unspecified atom stereocenters. The Balaban J connectivity index is 2.08. The number of benzene rings is 1. The summed E-state index contributed by atoms with van der Waals surface area (Å²) in [7, 11) is 0. The number of nitrogens with zero attached hydrogens (tertiary/aromatic N) is 3. The Morgan fingerprint density at radius 1 is 1.21 bits per heavy atom. The van der Waals surface area contributed by atoms with Gasteiger partial charge in [0.2, 0.25) is 0 Å². The average Bonchev–Trinajstić information content (AvgIpc) is 2.81. The second-order valence-electron chi connectivity index (χ2n) is 3.69. The van der Waals surface area contributed by atoms with Gasteiger partial charge in [-0.25, -0.2) is 9.61 Å². The van der Waals surface area contributed by atoms with Crippen molar-refractivity contribution in [3.63, 3.8) is 0 Å². The summed E-state index contributed by atoms with van der Waals surface area (Å²) in [5.74, 6) is 0.149. The molecule has 0 radical (unpaired) electrons. The van der Waals surface area contributed by atoms with Gasteiger partial charge in [-0.1, -0.05) is 0 Å². The smallest absolute Gasteiger partial charge is 0.253 e. The Kier molecular flexibility index (Phi) is 2.60. The van der Waals surface area contributed by atoms with Gasteiger partial charge in [-0.05, 0) is 34.2 Å². The molecule has 0 aliphatic rings. The van der Waals surface area contributed by atoms with E-state index in [2.05, 4.69) is 24.9 Å². The molecule has 0 spiro atoms. The average molecular weight is 276 g/mol. The highest BCUT2D eigenvalue weighted by atomic mass is 32.2. The molecule has 0 aliphatic heterocycles. The first-order chi connectivity index (χ1) is 9.13. The van der Waals surface area contributed by atoms with E-state index in [4.69, 9.17) is 11.5 Å². The normalized spacial score (nSPS) is 10.9. The third kappa shape index (κ3) is 2.10. The summed E-state index contributed by atoms with van der Waals surface area (Å²) >= 11 is 1.19. The number of nitrogen functional groups attached to an aromatic ring is 2. The molecular formula is C10H8N6O2S. The Hall–Kier alpha value is -2.55. The lowest BCUT2D eigenvalue weighted by atomic mass is 10.3. The van der Waals surface area contributed by atoms with Crippen LogP contribution in [-0.2, 0) is 0 Å². The van der Waals surface area contributed by atoms with Crippen LogP contribution < -0.4 is 17.0 Å². The molecular weight excluding hydrogens is 268 g/mol. The van der Waals surface area contributed by atoms with Gasteiger partial charge in [-0.3, -0.25) is 4.79 Å². The van der Waals surface area contributed by atoms with Crippen LogP contribution in [0.2, 0.25) is 0 Å². The number of hydrogen-bond donors (Lipinski definition) is 3. The summed E-state index contributed by atoms with van der Waals surface area (Å²) in [6.45, 7) is 0. The van der Waals surface area contributed by atoms with Crippen molar-refractivity contribution < 1.29 is 4.63 Å². The molecule has 96 valence electrons. The molecule has 0 aliphatic carbocycles. The van der Waals surface area contributed by atoms with Crippen LogP contribution in [0.1, 0.15) is 0 Å². The predicted octanol–water partition coefficient (Wildman–Crippen LogP) is 0.622. The van der Waals surface area contributed by atoms with Crippen molar-refractivity contribution >= 4 is 34.3 Å². The third-order valence-corrected chi connectivity index (χ3v) is 3.29. The molecule has 5 N–H and O–H groups in total. The number of anilines is 2. The van der Waals surface area contributed by atoms with Crippen LogP contribution in [0.5, 0.6) is 0 Å². The van der Waals surface area contributed by atoms with Crippen molar-refractivity contribution in [2.24, 2.45) is 0 Å². The molecule has 0 amide bonds. The predicted molar refractivity (Wildman–Crippen MR) is 69.6 cm³/mol. The monoisotopic (exact) mass is 276 g/mol. The van der Waals surface area contributed by atoms with E-state index in [0.29, 0.717) is 26.8 Å². The van der Waals surface area contributed by atoms with Gasteiger partial charge < -0.3 is 16.5 Å². The quantitative estimate of drug-likeness (QED) is 0.457. The first kappa shape index (κ1) is 11.5. The Morgan fingerprint density at radius 3 is 2.79 bits per heavy atom. The summed E-state index contributed by atoms with van der Waals surface area (Å²) in [5.41, 5.74) is 12.4. The summed E-state index contributed by atoms with van der Waals surface area (Å²) in [4.78, 5) is 18.6. The fourth-order valence-electron chi connectivity index (χ4n) is 1.55. The zero-order valence-electron chi connectivity index (χ0n) is 9.45. The molecule has 0 bridgehead atoms. The fraction of sp³-hybridized carbons (Fsp3) is 0. The van der Waals surface area contributed by atoms with E-state index in [1.54, 1.807) is 12.1 Å². The standard InChI is InChI=1S/C10H8N6O2S/c11-4-1-2-5(9-8(4)15-18-16-9)19-10-13-6(12)3-7(17)14-10/h1-3H,11H2,(H3,12,13,14,17). The van der Waals surface area contributed by atoms with E-state index in [1.807, 2.05) is 0 Å². The Bertz CT molecular complexity index is 811. The zero-order valence-corrected chi connectivity index (χ0v) is 10.3. The van der Waals surface area contributed by atoms with Crippen LogP contribution >= 0.6 is 11.8 Å². The van der Waals surface area contributed by atoms with E-state index >= 15 is 0 Å². The van der Waals surface area contributed by atoms with Gasteiger partial charge in [0.1, 0.15) is 5.82 Å². The number of nitrogens with two attached hydrogens (primary N) is 2. The summed E-state index contributed by atoms with van der Waals surface area (Å²) < 4.78 is 4.66. The van der Waals surface area contributed by atoms with Crippen molar-refractivity contribution in [3.05, 3.63) is 28.6 Å². The lowest BCUT2D eigenvalue weighted by Gasteiger charge is -2.02. The molecule has 19 heavy (non-hydrogen) atoms. The fourth-order valence-corrected chi connectivity index (χ4v) is 2.43. The number of H-pyrrole nitrogens is 1. The Labute approximate surface area is 110 Å². The van der Waals surface area contributed by atoms with Crippen LogP contribution in [0.25, 0.3) is 11.0 Å². The summed E-state index contributed by atoms with van der Waals surface area (Å²) in [6, 6.07) is 4.63. The third-order valence-electron chi connectivity index (χ3n) is 2.36. The van der Waals surface area contributed by atoms with E-state index in [-0.39, 0.29) is 11.4 Å². The SMILES string of the molecule is Nc1cc(=O)[nH]c(Sc2ccc(N)c3nonc23)n1. The van der Waals surface area contributed by atoms with Gasteiger partial charge in [0, 0.05) is 11.0 Å². The molecule has 2 aromatic heterocycles. The highest BCUT2D eigenvalue weighted by molar-refractivity contribution is 7.99. The zero-order chi connectivity index (χ0) is 13.4. The first-order valence-corrected chi connectivity index (χ1v) is 6.00. The van der Waals surface area contributed by atoms with Gasteiger partial charge in [-0.15, -0.1) is 0 Å². The molecule has 9 heteroatoms. The summed E-state index contributed by atoms with van der Waals surface area (Å²) in [6.07, 6.45) is 0. The molecule has 3 rings (SSSR count). The number of aromatic nitrogens is 4. The molecule has 3 aromatic rings. The molecule has 0 saturated heterocycles. The maximum Gasteiger partial charge on any atom is 0.253 e. The highest BCUT2D eigenvalue weighted by Crippen LogP contribution is 2.32. The maximum absolute atomic E-state index is 11.3. The number of rotatable bonds is 2. The molecule has 0 saturated carbocycles. The van der Waals surface area contributed by atoms with E-state index in [9.17, 15) is 4.79 Å². The molecule has 1 aromatic carbocycles. The lowest BCUT2D eigenvalue weighted by Crippen LogP contribution is -2.09. The van der Waals surface area contributed by atoms with Crippen LogP contribution in [0.3, 0.4) is 0 Å². The van der Waals surface area contributed by atoms with Gasteiger partial charge in [0.15, 0.2) is 16.2 Å². The van der Waals surface area contributed by atoms with Crippen LogP contribution in [0.4, 0.5) is 11.5 Å². The van der Waals surface area contributed by atoms with E-state index < -0.39 is 0 Å². The topological polar surface area (TPSA) is 137 Å². The number of hydrogen-bond acceptors (Lipinski definition) is 8. The minimum atomic E-state index is -0.319. The minimum Gasteiger partial charge on any atom is -0.397 e. The van der Waals surface area contributed by atoms with Crippen molar-refractivity contribution in [2.45, 2.75) is 10.1 Å². The number of fused-ring (bicyclic) bond motifs is 1. The van der Waals surface area contributed by atoms with Crippen molar-refractivity contribution in [1.29, 1.82) is 0 Å². The van der Waals surface area contributed by atoms with Gasteiger partial charge in [-0.2, -0.15) is 0 Å².